The van der Waals surface area contributed by atoms with Crippen LogP contribution in [0.25, 0.3) is 0 Å². The average Bonchev–Trinajstić information content (AvgIpc) is 2.90. The number of carbonyl (C=O) groups excluding carboxylic acids is 1. The summed E-state index contributed by atoms with van der Waals surface area (Å²) in [6, 6.07) is 5.00. The SMILES string of the molecule is CC(C)(C)OC(=O)N[C@@H]1CN(C2=Nc3ccc(Cl)cc3C2)CC[C@H]1F. The first-order valence-corrected chi connectivity index (χ1v) is 8.83. The topological polar surface area (TPSA) is 53.9 Å². The summed E-state index contributed by atoms with van der Waals surface area (Å²) in [5, 5.41) is 3.34. The first-order valence-electron chi connectivity index (χ1n) is 8.46. The highest BCUT2D eigenvalue weighted by molar-refractivity contribution is 6.30. The van der Waals surface area contributed by atoms with E-state index in [1.165, 1.54) is 0 Å². The van der Waals surface area contributed by atoms with Gasteiger partial charge in [0.25, 0.3) is 0 Å². The number of nitrogens with zero attached hydrogens (tertiary/aromatic N) is 2. The van der Waals surface area contributed by atoms with Crippen molar-refractivity contribution < 1.29 is 13.9 Å². The molecule has 0 aliphatic carbocycles. The minimum Gasteiger partial charge on any atom is -0.444 e. The number of amides is 1. The molecule has 2 aliphatic rings. The molecule has 2 aliphatic heterocycles. The molecule has 1 amide bonds. The molecule has 0 spiro atoms. The number of alkyl halides is 1. The van der Waals surface area contributed by atoms with Gasteiger partial charge in [-0.3, -0.25) is 0 Å². The van der Waals surface area contributed by atoms with Gasteiger partial charge < -0.3 is 15.0 Å². The minimum absolute atomic E-state index is 0.344. The van der Waals surface area contributed by atoms with Crippen molar-refractivity contribution in [1.82, 2.24) is 10.2 Å². The molecule has 2 heterocycles. The molecule has 25 heavy (non-hydrogen) atoms. The van der Waals surface area contributed by atoms with Crippen LogP contribution in [0.1, 0.15) is 32.8 Å². The van der Waals surface area contributed by atoms with Gasteiger partial charge in [0.05, 0.1) is 11.7 Å². The first kappa shape index (κ1) is 18.0. The van der Waals surface area contributed by atoms with Gasteiger partial charge in [-0.15, -0.1) is 0 Å². The third-order valence-electron chi connectivity index (χ3n) is 4.24. The van der Waals surface area contributed by atoms with Gasteiger partial charge in [-0.2, -0.15) is 0 Å². The predicted octanol–water partition coefficient (Wildman–Crippen LogP) is 3.86. The number of piperidine rings is 1. The molecule has 3 rings (SSSR count). The van der Waals surface area contributed by atoms with Gasteiger partial charge in [0.1, 0.15) is 17.6 Å². The van der Waals surface area contributed by atoms with E-state index >= 15 is 0 Å². The lowest BCUT2D eigenvalue weighted by Gasteiger charge is -2.36. The molecule has 1 aromatic carbocycles. The second-order valence-corrected chi connectivity index (χ2v) is 7.92. The summed E-state index contributed by atoms with van der Waals surface area (Å²) in [6.45, 7) is 6.29. The van der Waals surface area contributed by atoms with Crippen molar-refractivity contribution in [3.8, 4) is 0 Å². The van der Waals surface area contributed by atoms with E-state index in [1.807, 2.05) is 23.1 Å². The standard InChI is InChI=1S/C18H23ClFN3O2/c1-18(2,3)25-17(24)22-15-10-23(7-6-13(15)20)16-9-11-8-12(19)4-5-14(11)21-16/h4-5,8,13,15H,6-7,9-10H2,1-3H3,(H,22,24)/t13-,15-/m1/s1. The second kappa shape index (κ2) is 6.83. The maximum atomic E-state index is 14.3. The van der Waals surface area contributed by atoms with Crippen LogP contribution >= 0.6 is 11.6 Å². The number of likely N-dealkylation sites (tertiary alicyclic amines) is 1. The van der Waals surface area contributed by atoms with Gasteiger partial charge in [-0.05, 0) is 51.0 Å². The molecule has 1 N–H and O–H groups in total. The van der Waals surface area contributed by atoms with Crippen molar-refractivity contribution in [1.29, 1.82) is 0 Å². The number of aliphatic imine (C=N–C) groups is 1. The maximum Gasteiger partial charge on any atom is 0.408 e. The first-order chi connectivity index (χ1) is 11.7. The van der Waals surface area contributed by atoms with Gasteiger partial charge >= 0.3 is 6.09 Å². The van der Waals surface area contributed by atoms with Gasteiger partial charge in [-0.1, -0.05) is 11.6 Å². The van der Waals surface area contributed by atoms with Crippen molar-refractivity contribution in [3.05, 3.63) is 28.8 Å². The lowest BCUT2D eigenvalue weighted by Crippen LogP contribution is -2.55. The Morgan fingerprint density at radius 1 is 1.44 bits per heavy atom. The lowest BCUT2D eigenvalue weighted by molar-refractivity contribution is 0.0431. The summed E-state index contributed by atoms with van der Waals surface area (Å²) >= 11 is 6.03. The molecule has 0 saturated carbocycles. The Morgan fingerprint density at radius 3 is 2.92 bits per heavy atom. The number of hydrogen-bond acceptors (Lipinski definition) is 4. The van der Waals surface area contributed by atoms with Crippen LogP contribution in [0.15, 0.2) is 23.2 Å². The molecule has 1 saturated heterocycles. The Morgan fingerprint density at radius 2 is 2.20 bits per heavy atom. The maximum absolute atomic E-state index is 14.3. The van der Waals surface area contributed by atoms with E-state index < -0.39 is 23.9 Å². The molecular weight excluding hydrogens is 345 g/mol. The van der Waals surface area contributed by atoms with Crippen molar-refractivity contribution in [2.75, 3.05) is 13.1 Å². The number of nitrogens with one attached hydrogen (secondary N) is 1. The Balaban J connectivity index is 1.64. The highest BCUT2D eigenvalue weighted by atomic mass is 35.5. The number of halogens is 2. The highest BCUT2D eigenvalue weighted by Gasteiger charge is 2.34. The van der Waals surface area contributed by atoms with E-state index in [1.54, 1.807) is 20.8 Å². The number of carbonyl (C=O) groups is 1. The largest absolute Gasteiger partial charge is 0.444 e. The molecule has 1 fully saturated rings. The summed E-state index contributed by atoms with van der Waals surface area (Å²) in [7, 11) is 0. The van der Waals surface area contributed by atoms with E-state index in [0.29, 0.717) is 31.0 Å². The van der Waals surface area contributed by atoms with Crippen LogP contribution in [-0.4, -0.2) is 47.7 Å². The van der Waals surface area contributed by atoms with E-state index in [-0.39, 0.29) is 0 Å². The Hall–Kier alpha value is -1.82. The smallest absolute Gasteiger partial charge is 0.408 e. The van der Waals surface area contributed by atoms with Crippen LogP contribution in [-0.2, 0) is 11.2 Å². The molecule has 0 radical (unpaired) electrons. The summed E-state index contributed by atoms with van der Waals surface area (Å²) in [6.07, 6.45) is -0.671. The average molecular weight is 368 g/mol. The van der Waals surface area contributed by atoms with Crippen LogP contribution in [0.4, 0.5) is 14.9 Å². The zero-order valence-corrected chi connectivity index (χ0v) is 15.4. The molecule has 5 nitrogen and oxygen atoms in total. The molecular formula is C18H23ClFN3O2. The highest BCUT2D eigenvalue weighted by Crippen LogP contribution is 2.31. The van der Waals surface area contributed by atoms with E-state index in [2.05, 4.69) is 10.3 Å². The molecule has 0 aromatic heterocycles. The minimum atomic E-state index is -1.09. The van der Waals surface area contributed by atoms with Crippen LogP contribution < -0.4 is 5.32 Å². The van der Waals surface area contributed by atoms with Crippen molar-refractivity contribution in [2.45, 2.75) is 51.4 Å². The number of ether oxygens (including phenoxy) is 1. The molecule has 7 heteroatoms. The Labute approximate surface area is 152 Å². The van der Waals surface area contributed by atoms with E-state index in [0.717, 1.165) is 17.1 Å². The fourth-order valence-corrected chi connectivity index (χ4v) is 3.28. The fraction of sp³-hybridized carbons (Fsp3) is 0.556. The number of benzene rings is 1. The van der Waals surface area contributed by atoms with Gasteiger partial charge in [0, 0.05) is 24.5 Å². The number of amidine groups is 1. The van der Waals surface area contributed by atoms with Crippen molar-refractivity contribution >= 4 is 29.2 Å². The van der Waals surface area contributed by atoms with Crippen LogP contribution in [0.5, 0.6) is 0 Å². The molecule has 0 bridgehead atoms. The third kappa shape index (κ3) is 4.42. The van der Waals surface area contributed by atoms with Crippen molar-refractivity contribution in [3.63, 3.8) is 0 Å². The summed E-state index contributed by atoms with van der Waals surface area (Å²) in [5.41, 5.74) is 1.36. The fourth-order valence-electron chi connectivity index (χ4n) is 3.09. The van der Waals surface area contributed by atoms with Gasteiger partial charge in [0.15, 0.2) is 0 Å². The van der Waals surface area contributed by atoms with Crippen molar-refractivity contribution in [2.24, 2.45) is 4.99 Å². The number of fused-ring (bicyclic) bond motifs is 1. The lowest BCUT2D eigenvalue weighted by atomic mass is 10.0. The summed E-state index contributed by atoms with van der Waals surface area (Å²) in [5.74, 6) is 0.889. The van der Waals surface area contributed by atoms with E-state index in [9.17, 15) is 9.18 Å². The predicted molar refractivity (Wildman–Crippen MR) is 96.5 cm³/mol. The van der Waals surface area contributed by atoms with Crippen LogP contribution in [0, 0.1) is 0 Å². The zero-order valence-electron chi connectivity index (χ0n) is 14.7. The molecule has 136 valence electrons. The quantitative estimate of drug-likeness (QED) is 0.819. The summed E-state index contributed by atoms with van der Waals surface area (Å²) < 4.78 is 19.5. The Bertz CT molecular complexity index is 702. The van der Waals surface area contributed by atoms with Gasteiger partial charge in [0.2, 0.25) is 0 Å². The Kier molecular flexibility index (Phi) is 4.91. The molecule has 1 aromatic rings. The second-order valence-electron chi connectivity index (χ2n) is 7.48. The zero-order chi connectivity index (χ0) is 18.2. The number of hydrogen-bond donors (Lipinski definition) is 1. The molecule has 2 atom stereocenters. The normalized spacial score (nSPS) is 23.1. The van der Waals surface area contributed by atoms with Crippen LogP contribution in [0.3, 0.4) is 0 Å². The van der Waals surface area contributed by atoms with Crippen LogP contribution in [0.2, 0.25) is 5.02 Å². The third-order valence-corrected chi connectivity index (χ3v) is 4.47. The summed E-state index contributed by atoms with van der Waals surface area (Å²) in [4.78, 5) is 18.6. The number of alkyl carbamates (subject to hydrolysis) is 1. The van der Waals surface area contributed by atoms with E-state index in [4.69, 9.17) is 16.3 Å². The van der Waals surface area contributed by atoms with Gasteiger partial charge in [-0.25, -0.2) is 14.2 Å². The molecule has 0 unspecified atom stereocenters. The number of rotatable bonds is 1. The monoisotopic (exact) mass is 367 g/mol.